The van der Waals surface area contributed by atoms with Crippen LogP contribution in [0.25, 0.3) is 0 Å². The Morgan fingerprint density at radius 2 is 2.22 bits per heavy atom. The van der Waals surface area contributed by atoms with Crippen molar-refractivity contribution in [3.8, 4) is 0 Å². The Kier molecular flexibility index (Phi) is 2.95. The first-order valence-electron chi connectivity index (χ1n) is 2.77. The number of hydrogen-bond acceptors (Lipinski definition) is 2. The van der Waals surface area contributed by atoms with Gasteiger partial charge in [0.1, 0.15) is 0 Å². The molecule has 0 aliphatic carbocycles. The number of carbonyl (C=O) groups excluding carboxylic acids is 1. The first kappa shape index (κ1) is 8.17. The van der Waals surface area contributed by atoms with Crippen LogP contribution in [0.2, 0.25) is 0 Å². The van der Waals surface area contributed by atoms with E-state index < -0.39 is 11.9 Å². The van der Waals surface area contributed by atoms with E-state index in [0.717, 1.165) is 0 Å². The third-order valence-corrected chi connectivity index (χ3v) is 1.27. The van der Waals surface area contributed by atoms with Gasteiger partial charge in [0.15, 0.2) is 0 Å². The zero-order valence-electron chi connectivity index (χ0n) is 5.50. The maximum Gasteiger partial charge on any atom is 0.234 e. The highest BCUT2D eigenvalue weighted by molar-refractivity contribution is 5.80. The molecule has 0 aliphatic rings. The normalized spacial score (nSPS) is 16.2. The Hall–Kier alpha value is -0.830. The molecular formula is C6H12N2O. The van der Waals surface area contributed by atoms with Crippen molar-refractivity contribution in [2.75, 3.05) is 0 Å². The van der Waals surface area contributed by atoms with Crippen molar-refractivity contribution in [1.82, 2.24) is 0 Å². The van der Waals surface area contributed by atoms with Gasteiger partial charge in [0, 0.05) is 0 Å². The lowest BCUT2D eigenvalue weighted by atomic mass is 10.0. The minimum atomic E-state index is -0.595. The molecule has 0 fully saturated rings. The second-order valence-electron chi connectivity index (χ2n) is 2.02. The fraction of sp³-hybridized carbons (Fsp3) is 0.500. The van der Waals surface area contributed by atoms with Crippen molar-refractivity contribution in [2.24, 2.45) is 17.4 Å². The molecule has 1 amide bonds. The first-order valence-corrected chi connectivity index (χ1v) is 2.77. The van der Waals surface area contributed by atoms with Gasteiger partial charge in [-0.3, -0.25) is 4.79 Å². The SMILES string of the molecule is C=C[C@H](C)[C@H](N)C(N)=O. The van der Waals surface area contributed by atoms with Crippen LogP contribution in [0, 0.1) is 5.92 Å². The van der Waals surface area contributed by atoms with Gasteiger partial charge in [-0.15, -0.1) is 6.58 Å². The summed E-state index contributed by atoms with van der Waals surface area (Å²) in [6, 6.07) is -0.595. The topological polar surface area (TPSA) is 69.1 Å². The lowest BCUT2D eigenvalue weighted by Crippen LogP contribution is -2.40. The maximum atomic E-state index is 10.3. The van der Waals surface area contributed by atoms with E-state index in [-0.39, 0.29) is 5.92 Å². The monoisotopic (exact) mass is 128 g/mol. The second-order valence-corrected chi connectivity index (χ2v) is 2.02. The molecule has 0 saturated heterocycles. The van der Waals surface area contributed by atoms with E-state index in [1.807, 2.05) is 0 Å². The van der Waals surface area contributed by atoms with Crippen LogP contribution in [-0.4, -0.2) is 11.9 Å². The summed E-state index contributed by atoms with van der Waals surface area (Å²) in [7, 11) is 0. The molecule has 0 aromatic rings. The molecular weight excluding hydrogens is 116 g/mol. The number of carbonyl (C=O) groups is 1. The molecule has 0 aromatic carbocycles. The van der Waals surface area contributed by atoms with Gasteiger partial charge in [0.05, 0.1) is 6.04 Å². The van der Waals surface area contributed by atoms with Gasteiger partial charge in [0.2, 0.25) is 5.91 Å². The minimum absolute atomic E-state index is 0.0394. The summed E-state index contributed by atoms with van der Waals surface area (Å²) in [6.07, 6.45) is 1.61. The van der Waals surface area contributed by atoms with Gasteiger partial charge in [0.25, 0.3) is 0 Å². The standard InChI is InChI=1S/C6H12N2O/c1-3-4(2)5(7)6(8)9/h3-5H,1,7H2,2H3,(H2,8,9)/t4-,5-/m0/s1. The van der Waals surface area contributed by atoms with Crippen LogP contribution < -0.4 is 11.5 Å². The summed E-state index contributed by atoms with van der Waals surface area (Å²) in [5.74, 6) is -0.523. The first-order chi connectivity index (χ1) is 4.09. The molecule has 0 saturated carbocycles. The van der Waals surface area contributed by atoms with E-state index in [9.17, 15) is 4.79 Å². The van der Waals surface area contributed by atoms with Crippen molar-refractivity contribution in [3.05, 3.63) is 12.7 Å². The van der Waals surface area contributed by atoms with Crippen LogP contribution in [0.1, 0.15) is 6.92 Å². The molecule has 2 atom stereocenters. The zero-order chi connectivity index (χ0) is 7.44. The minimum Gasteiger partial charge on any atom is -0.368 e. The molecule has 0 aliphatic heterocycles. The number of amides is 1. The van der Waals surface area contributed by atoms with Gasteiger partial charge in [-0.25, -0.2) is 0 Å². The Labute approximate surface area is 54.7 Å². The summed E-state index contributed by atoms with van der Waals surface area (Å²) >= 11 is 0. The molecule has 0 spiro atoms. The van der Waals surface area contributed by atoms with Crippen LogP contribution in [0.3, 0.4) is 0 Å². The second kappa shape index (κ2) is 3.25. The van der Waals surface area contributed by atoms with Gasteiger partial charge in [-0.2, -0.15) is 0 Å². The molecule has 4 N–H and O–H groups in total. The Bertz CT molecular complexity index is 122. The highest BCUT2D eigenvalue weighted by atomic mass is 16.1. The van der Waals surface area contributed by atoms with Crippen molar-refractivity contribution in [2.45, 2.75) is 13.0 Å². The van der Waals surface area contributed by atoms with Crippen molar-refractivity contribution < 1.29 is 4.79 Å². The average Bonchev–Trinajstić information content (AvgIpc) is 1.84. The zero-order valence-corrected chi connectivity index (χ0v) is 5.50. The fourth-order valence-electron chi connectivity index (χ4n) is 0.406. The van der Waals surface area contributed by atoms with E-state index in [2.05, 4.69) is 6.58 Å². The Balaban J connectivity index is 3.86. The Morgan fingerprint density at radius 3 is 2.33 bits per heavy atom. The predicted molar refractivity (Wildman–Crippen MR) is 36.5 cm³/mol. The molecule has 9 heavy (non-hydrogen) atoms. The highest BCUT2D eigenvalue weighted by Crippen LogP contribution is 1.98. The van der Waals surface area contributed by atoms with Gasteiger partial charge >= 0.3 is 0 Å². The largest absolute Gasteiger partial charge is 0.368 e. The quantitative estimate of drug-likeness (QED) is 0.509. The third kappa shape index (κ3) is 2.28. The number of rotatable bonds is 3. The van der Waals surface area contributed by atoms with Crippen LogP contribution in [0.5, 0.6) is 0 Å². The van der Waals surface area contributed by atoms with Crippen molar-refractivity contribution in [3.63, 3.8) is 0 Å². The lowest BCUT2D eigenvalue weighted by Gasteiger charge is -2.10. The van der Waals surface area contributed by atoms with E-state index >= 15 is 0 Å². The fourth-order valence-corrected chi connectivity index (χ4v) is 0.406. The number of nitrogens with two attached hydrogens (primary N) is 2. The highest BCUT2D eigenvalue weighted by Gasteiger charge is 2.13. The van der Waals surface area contributed by atoms with Gasteiger partial charge in [-0.05, 0) is 5.92 Å². The average molecular weight is 128 g/mol. The molecule has 0 unspecified atom stereocenters. The number of hydrogen-bond donors (Lipinski definition) is 2. The summed E-state index contributed by atoms with van der Waals surface area (Å²) in [5, 5.41) is 0. The third-order valence-electron chi connectivity index (χ3n) is 1.27. The molecule has 0 radical (unpaired) electrons. The molecule has 0 rings (SSSR count). The molecule has 0 bridgehead atoms. The molecule has 3 heteroatoms. The maximum absolute atomic E-state index is 10.3. The smallest absolute Gasteiger partial charge is 0.234 e. The van der Waals surface area contributed by atoms with Crippen LogP contribution >= 0.6 is 0 Å². The van der Waals surface area contributed by atoms with Crippen LogP contribution in [0.15, 0.2) is 12.7 Å². The van der Waals surface area contributed by atoms with Gasteiger partial charge < -0.3 is 11.5 Å². The van der Waals surface area contributed by atoms with Crippen molar-refractivity contribution >= 4 is 5.91 Å². The summed E-state index contributed by atoms with van der Waals surface area (Å²) in [5.41, 5.74) is 10.2. The summed E-state index contributed by atoms with van der Waals surface area (Å²) < 4.78 is 0. The van der Waals surface area contributed by atoms with E-state index in [0.29, 0.717) is 0 Å². The molecule has 52 valence electrons. The Morgan fingerprint density at radius 1 is 1.78 bits per heavy atom. The summed E-state index contributed by atoms with van der Waals surface area (Å²) in [4.78, 5) is 10.3. The van der Waals surface area contributed by atoms with Crippen LogP contribution in [-0.2, 0) is 4.79 Å². The molecule has 3 nitrogen and oxygen atoms in total. The van der Waals surface area contributed by atoms with E-state index in [1.165, 1.54) is 0 Å². The predicted octanol–water partition coefficient (Wildman–Crippen LogP) is -0.379. The van der Waals surface area contributed by atoms with E-state index in [4.69, 9.17) is 11.5 Å². The summed E-state index contributed by atoms with van der Waals surface area (Å²) in [6.45, 7) is 5.27. The van der Waals surface area contributed by atoms with E-state index in [1.54, 1.807) is 13.0 Å². The van der Waals surface area contributed by atoms with Crippen molar-refractivity contribution in [1.29, 1.82) is 0 Å². The lowest BCUT2D eigenvalue weighted by molar-refractivity contribution is -0.119. The molecule has 0 heterocycles. The van der Waals surface area contributed by atoms with Crippen LogP contribution in [0.4, 0.5) is 0 Å². The number of primary amides is 1. The van der Waals surface area contributed by atoms with Gasteiger partial charge in [-0.1, -0.05) is 13.0 Å². The molecule has 0 aromatic heterocycles.